The van der Waals surface area contributed by atoms with Crippen molar-refractivity contribution < 1.29 is 0 Å². The molecule has 1 atom stereocenters. The molecule has 1 aliphatic heterocycles. The molecule has 0 spiro atoms. The predicted molar refractivity (Wildman–Crippen MR) is 77.8 cm³/mol. The summed E-state index contributed by atoms with van der Waals surface area (Å²) >= 11 is 6.22. The van der Waals surface area contributed by atoms with Gasteiger partial charge in [0.05, 0.1) is 6.20 Å². The first kappa shape index (κ1) is 12.2. The molecule has 1 aliphatic rings. The van der Waals surface area contributed by atoms with Crippen molar-refractivity contribution in [3.05, 3.63) is 41.0 Å². The van der Waals surface area contributed by atoms with E-state index >= 15 is 0 Å². The second-order valence-corrected chi connectivity index (χ2v) is 5.36. The number of nitrogen functional groups attached to an aromatic ring is 1. The van der Waals surface area contributed by atoms with Gasteiger partial charge in [0.2, 0.25) is 5.95 Å². The van der Waals surface area contributed by atoms with Crippen molar-refractivity contribution >= 4 is 29.1 Å². The van der Waals surface area contributed by atoms with Gasteiger partial charge in [0.1, 0.15) is 5.02 Å². The Morgan fingerprint density at radius 2 is 2.16 bits per heavy atom. The largest absolute Gasteiger partial charge is 0.368 e. The maximum Gasteiger partial charge on any atom is 0.222 e. The third kappa shape index (κ3) is 2.24. The van der Waals surface area contributed by atoms with Crippen LogP contribution in [-0.2, 0) is 6.42 Å². The van der Waals surface area contributed by atoms with Crippen LogP contribution in [0.4, 0.5) is 17.5 Å². The molecule has 4 nitrogen and oxygen atoms in total. The summed E-state index contributed by atoms with van der Waals surface area (Å²) in [5, 5.41) is 0.526. The summed E-state index contributed by atoms with van der Waals surface area (Å²) in [6.45, 7) is 3.11. The average Bonchev–Trinajstić information content (AvgIpc) is 2.40. The molecule has 1 unspecified atom stereocenters. The number of hydrogen-bond donors (Lipinski definition) is 1. The Bertz CT molecular complexity index is 614. The molecule has 0 saturated heterocycles. The highest BCUT2D eigenvalue weighted by molar-refractivity contribution is 6.33. The normalized spacial score (nSPS) is 18.2. The van der Waals surface area contributed by atoms with E-state index in [0.29, 0.717) is 16.8 Å². The van der Waals surface area contributed by atoms with Gasteiger partial charge in [-0.1, -0.05) is 36.7 Å². The van der Waals surface area contributed by atoms with Crippen molar-refractivity contribution in [1.82, 2.24) is 9.97 Å². The van der Waals surface area contributed by atoms with E-state index in [-0.39, 0.29) is 5.95 Å². The standard InChI is InChI=1S/C14H15ClN4/c1-9-6-10-4-2-3-5-12(10)19(8-9)13-11(15)7-17-14(16)18-13/h2-5,7,9H,6,8H2,1H3,(H2,16,17,18). The van der Waals surface area contributed by atoms with Crippen molar-refractivity contribution in [2.75, 3.05) is 17.2 Å². The molecule has 0 aliphatic carbocycles. The molecule has 2 N–H and O–H groups in total. The highest BCUT2D eigenvalue weighted by Crippen LogP contribution is 2.37. The fourth-order valence-electron chi connectivity index (χ4n) is 2.56. The Morgan fingerprint density at radius 1 is 1.37 bits per heavy atom. The number of benzene rings is 1. The number of anilines is 3. The van der Waals surface area contributed by atoms with Gasteiger partial charge in [0, 0.05) is 12.2 Å². The van der Waals surface area contributed by atoms with Gasteiger partial charge in [0.15, 0.2) is 5.82 Å². The van der Waals surface area contributed by atoms with Crippen LogP contribution in [0.2, 0.25) is 5.02 Å². The van der Waals surface area contributed by atoms with Gasteiger partial charge in [-0.2, -0.15) is 4.98 Å². The molecular weight excluding hydrogens is 260 g/mol. The van der Waals surface area contributed by atoms with E-state index in [1.54, 1.807) is 6.20 Å². The number of aromatic nitrogens is 2. The zero-order valence-electron chi connectivity index (χ0n) is 10.7. The lowest BCUT2D eigenvalue weighted by Crippen LogP contribution is -2.31. The number of nitrogens with two attached hydrogens (primary N) is 1. The van der Waals surface area contributed by atoms with Crippen molar-refractivity contribution in [2.24, 2.45) is 5.92 Å². The summed E-state index contributed by atoms with van der Waals surface area (Å²) in [7, 11) is 0. The molecule has 98 valence electrons. The van der Waals surface area contributed by atoms with Crippen LogP contribution in [0.1, 0.15) is 12.5 Å². The highest BCUT2D eigenvalue weighted by atomic mass is 35.5. The van der Waals surface area contributed by atoms with Crippen LogP contribution in [-0.4, -0.2) is 16.5 Å². The Labute approximate surface area is 117 Å². The van der Waals surface area contributed by atoms with Gasteiger partial charge in [-0.25, -0.2) is 4.98 Å². The summed E-state index contributed by atoms with van der Waals surface area (Å²) < 4.78 is 0. The van der Waals surface area contributed by atoms with E-state index < -0.39 is 0 Å². The third-order valence-corrected chi connectivity index (χ3v) is 3.61. The Balaban J connectivity index is 2.12. The lowest BCUT2D eigenvalue weighted by molar-refractivity contribution is 0.560. The lowest BCUT2D eigenvalue weighted by Gasteiger charge is -2.34. The lowest BCUT2D eigenvalue weighted by atomic mass is 9.94. The van der Waals surface area contributed by atoms with E-state index in [1.807, 2.05) is 6.07 Å². The molecule has 1 aromatic carbocycles. The van der Waals surface area contributed by atoms with Crippen LogP contribution in [0, 0.1) is 5.92 Å². The maximum atomic E-state index is 6.22. The highest BCUT2D eigenvalue weighted by Gasteiger charge is 2.25. The maximum absolute atomic E-state index is 6.22. The topological polar surface area (TPSA) is 55.0 Å². The molecule has 19 heavy (non-hydrogen) atoms. The van der Waals surface area contributed by atoms with Gasteiger partial charge in [-0.3, -0.25) is 0 Å². The number of halogens is 1. The molecule has 0 saturated carbocycles. The fourth-order valence-corrected chi connectivity index (χ4v) is 2.75. The second kappa shape index (κ2) is 4.70. The monoisotopic (exact) mass is 274 g/mol. The van der Waals surface area contributed by atoms with Gasteiger partial charge < -0.3 is 10.6 Å². The van der Waals surface area contributed by atoms with Crippen molar-refractivity contribution in [3.63, 3.8) is 0 Å². The summed E-state index contributed by atoms with van der Waals surface area (Å²) in [4.78, 5) is 10.3. The molecule has 5 heteroatoms. The van der Waals surface area contributed by atoms with Crippen LogP contribution < -0.4 is 10.6 Å². The van der Waals surface area contributed by atoms with Crippen LogP contribution in [0.25, 0.3) is 0 Å². The van der Waals surface area contributed by atoms with Gasteiger partial charge in [-0.15, -0.1) is 0 Å². The third-order valence-electron chi connectivity index (χ3n) is 3.34. The van der Waals surface area contributed by atoms with Crippen molar-refractivity contribution in [3.8, 4) is 0 Å². The minimum absolute atomic E-state index is 0.245. The molecule has 2 aromatic rings. The van der Waals surface area contributed by atoms with E-state index in [1.165, 1.54) is 5.56 Å². The van der Waals surface area contributed by atoms with E-state index in [9.17, 15) is 0 Å². The van der Waals surface area contributed by atoms with Gasteiger partial charge in [0.25, 0.3) is 0 Å². The number of nitrogens with zero attached hydrogens (tertiary/aromatic N) is 3. The first-order valence-electron chi connectivity index (χ1n) is 6.28. The molecule has 0 bridgehead atoms. The summed E-state index contributed by atoms with van der Waals surface area (Å²) in [5.41, 5.74) is 8.15. The first-order valence-corrected chi connectivity index (χ1v) is 6.66. The molecule has 2 heterocycles. The number of rotatable bonds is 1. The Morgan fingerprint density at radius 3 is 3.00 bits per heavy atom. The summed E-state index contributed by atoms with van der Waals surface area (Å²) in [6, 6.07) is 8.33. The van der Waals surface area contributed by atoms with Gasteiger partial charge in [-0.05, 0) is 24.0 Å². The number of hydrogen-bond acceptors (Lipinski definition) is 4. The molecule has 0 radical (unpaired) electrons. The van der Waals surface area contributed by atoms with Gasteiger partial charge >= 0.3 is 0 Å². The molecular formula is C14H15ClN4. The quantitative estimate of drug-likeness (QED) is 0.868. The first-order chi connectivity index (χ1) is 9.15. The predicted octanol–water partition coefficient (Wildman–Crippen LogP) is 3.04. The Kier molecular flexibility index (Phi) is 3.03. The average molecular weight is 275 g/mol. The van der Waals surface area contributed by atoms with Crippen molar-refractivity contribution in [1.29, 1.82) is 0 Å². The van der Waals surface area contributed by atoms with E-state index in [0.717, 1.165) is 18.7 Å². The fraction of sp³-hybridized carbons (Fsp3) is 0.286. The minimum atomic E-state index is 0.245. The number of fused-ring (bicyclic) bond motifs is 1. The smallest absolute Gasteiger partial charge is 0.222 e. The molecule has 0 amide bonds. The zero-order chi connectivity index (χ0) is 13.4. The second-order valence-electron chi connectivity index (χ2n) is 4.95. The van der Waals surface area contributed by atoms with Crippen LogP contribution in [0.3, 0.4) is 0 Å². The number of para-hydroxylation sites is 1. The van der Waals surface area contributed by atoms with Crippen LogP contribution in [0.5, 0.6) is 0 Å². The van der Waals surface area contributed by atoms with Crippen LogP contribution in [0.15, 0.2) is 30.5 Å². The summed E-state index contributed by atoms with van der Waals surface area (Å²) in [6.07, 6.45) is 2.63. The Hall–Kier alpha value is -1.81. The van der Waals surface area contributed by atoms with E-state index in [4.69, 9.17) is 17.3 Å². The van der Waals surface area contributed by atoms with Crippen molar-refractivity contribution in [2.45, 2.75) is 13.3 Å². The van der Waals surface area contributed by atoms with Crippen LogP contribution >= 0.6 is 11.6 Å². The molecule has 3 rings (SSSR count). The van der Waals surface area contributed by atoms with E-state index in [2.05, 4.69) is 40.0 Å². The molecule has 0 fully saturated rings. The SMILES string of the molecule is CC1Cc2ccccc2N(c2nc(N)ncc2Cl)C1. The summed E-state index contributed by atoms with van der Waals surface area (Å²) in [5.74, 6) is 1.48. The zero-order valence-corrected chi connectivity index (χ0v) is 11.4. The molecule has 1 aromatic heterocycles. The minimum Gasteiger partial charge on any atom is -0.368 e.